The van der Waals surface area contributed by atoms with E-state index in [1.54, 1.807) is 24.3 Å². The van der Waals surface area contributed by atoms with Gasteiger partial charge >= 0.3 is 0 Å². The molecule has 6 rings (SSSR count). The van der Waals surface area contributed by atoms with Crippen LogP contribution in [0.4, 0.5) is 5.69 Å². The number of benzene rings is 2. The molecule has 3 aliphatic rings. The maximum absolute atomic E-state index is 14.1. The number of halogens is 1. The lowest BCUT2D eigenvalue weighted by Gasteiger charge is -2.45. The number of hydrogen-bond donors (Lipinski definition) is 1. The number of carbonyl (C=O) groups is 2. The third kappa shape index (κ3) is 5.45. The molecule has 3 fully saturated rings. The van der Waals surface area contributed by atoms with Crippen LogP contribution < -0.4 is 9.64 Å². The summed E-state index contributed by atoms with van der Waals surface area (Å²) in [5, 5.41) is 0.379. The first kappa shape index (κ1) is 28.1. The lowest BCUT2D eigenvalue weighted by atomic mass is 9.74. The Kier molecular flexibility index (Phi) is 8.24. The average molecular weight is 592 g/mol. The van der Waals surface area contributed by atoms with Gasteiger partial charge in [-0.2, -0.15) is 0 Å². The SMILES string of the molecule is O=C1CC(c2ccc(N3CCOCC3)cc2)(c2cccc(OC3CCCCC3)n2)N(S)C(=O)C1c1ccccc1Cl. The van der Waals surface area contributed by atoms with Gasteiger partial charge in [0.25, 0.3) is 0 Å². The maximum Gasteiger partial charge on any atom is 0.248 e. The summed E-state index contributed by atoms with van der Waals surface area (Å²) < 4.78 is 13.2. The van der Waals surface area contributed by atoms with Crippen LogP contribution in [0.15, 0.2) is 66.7 Å². The molecule has 2 saturated heterocycles. The molecule has 214 valence electrons. The van der Waals surface area contributed by atoms with Crippen molar-refractivity contribution in [3.63, 3.8) is 0 Å². The van der Waals surface area contributed by atoms with Crippen molar-refractivity contribution in [2.45, 2.75) is 56.1 Å². The van der Waals surface area contributed by atoms with Gasteiger partial charge in [0.1, 0.15) is 17.6 Å². The molecule has 3 aromatic rings. The average Bonchev–Trinajstić information content (AvgIpc) is 3.01. The number of thiol groups is 1. The van der Waals surface area contributed by atoms with Crippen LogP contribution >= 0.6 is 24.4 Å². The van der Waals surface area contributed by atoms with Crippen molar-refractivity contribution in [2.24, 2.45) is 0 Å². The number of ether oxygens (including phenoxy) is 2. The fourth-order valence-corrected chi connectivity index (χ4v) is 6.95. The van der Waals surface area contributed by atoms with Gasteiger partial charge in [0, 0.05) is 36.3 Å². The number of ketones is 1. The highest BCUT2D eigenvalue weighted by molar-refractivity contribution is 7.78. The number of aromatic nitrogens is 1. The van der Waals surface area contributed by atoms with E-state index in [2.05, 4.69) is 4.90 Å². The maximum atomic E-state index is 14.1. The number of piperidine rings is 1. The molecular formula is C32H34ClN3O4S. The second-order valence-electron chi connectivity index (χ2n) is 11.0. The molecule has 0 radical (unpaired) electrons. The summed E-state index contributed by atoms with van der Waals surface area (Å²) in [6.07, 6.45) is 5.60. The van der Waals surface area contributed by atoms with E-state index in [-0.39, 0.29) is 18.3 Å². The van der Waals surface area contributed by atoms with Gasteiger partial charge in [-0.15, -0.1) is 0 Å². The van der Waals surface area contributed by atoms with Crippen molar-refractivity contribution in [1.82, 2.24) is 9.29 Å². The van der Waals surface area contributed by atoms with Gasteiger partial charge < -0.3 is 14.4 Å². The van der Waals surface area contributed by atoms with Gasteiger partial charge in [0.05, 0.1) is 18.9 Å². The zero-order valence-corrected chi connectivity index (χ0v) is 24.5. The fourth-order valence-electron chi connectivity index (χ4n) is 6.30. The van der Waals surface area contributed by atoms with E-state index in [0.717, 1.165) is 50.0 Å². The van der Waals surface area contributed by atoms with E-state index in [0.29, 0.717) is 35.4 Å². The molecule has 41 heavy (non-hydrogen) atoms. The molecule has 2 aliphatic heterocycles. The molecule has 1 aromatic heterocycles. The highest BCUT2D eigenvalue weighted by Crippen LogP contribution is 2.48. The van der Waals surface area contributed by atoms with Crippen LogP contribution in [0, 0.1) is 0 Å². The van der Waals surface area contributed by atoms with Gasteiger partial charge in [-0.3, -0.25) is 13.9 Å². The second kappa shape index (κ2) is 12.0. The van der Waals surface area contributed by atoms with Gasteiger partial charge in [-0.1, -0.05) is 67.2 Å². The van der Waals surface area contributed by atoms with Gasteiger partial charge in [-0.25, -0.2) is 4.98 Å². The van der Waals surface area contributed by atoms with Crippen LogP contribution in [-0.2, 0) is 19.9 Å². The molecule has 0 N–H and O–H groups in total. The summed E-state index contributed by atoms with van der Waals surface area (Å²) >= 11 is 11.3. The molecule has 2 aromatic carbocycles. The number of pyridine rings is 1. The molecule has 3 heterocycles. The zero-order valence-electron chi connectivity index (χ0n) is 22.9. The summed E-state index contributed by atoms with van der Waals surface area (Å²) in [5.74, 6) is -1.21. The number of morpholine rings is 1. The van der Waals surface area contributed by atoms with E-state index >= 15 is 0 Å². The Morgan fingerprint density at radius 3 is 2.39 bits per heavy atom. The number of nitrogens with zero attached hydrogens (tertiary/aromatic N) is 3. The Morgan fingerprint density at radius 2 is 1.66 bits per heavy atom. The van der Waals surface area contributed by atoms with Crippen LogP contribution in [0.2, 0.25) is 5.02 Å². The van der Waals surface area contributed by atoms with Crippen molar-refractivity contribution in [1.29, 1.82) is 0 Å². The molecule has 7 nitrogen and oxygen atoms in total. The molecule has 1 saturated carbocycles. The monoisotopic (exact) mass is 591 g/mol. The molecule has 1 amide bonds. The molecule has 0 bridgehead atoms. The number of rotatable bonds is 6. The molecule has 2 atom stereocenters. The van der Waals surface area contributed by atoms with Crippen molar-refractivity contribution in [2.75, 3.05) is 31.2 Å². The Labute approximate surface area is 251 Å². The van der Waals surface area contributed by atoms with Crippen LogP contribution in [0.25, 0.3) is 0 Å². The molecule has 2 unspecified atom stereocenters. The van der Waals surface area contributed by atoms with Crippen molar-refractivity contribution in [3.8, 4) is 5.88 Å². The summed E-state index contributed by atoms with van der Waals surface area (Å²) in [6, 6.07) is 20.6. The van der Waals surface area contributed by atoms with Crippen LogP contribution in [0.3, 0.4) is 0 Å². The summed E-state index contributed by atoms with van der Waals surface area (Å²) in [6.45, 7) is 2.98. The van der Waals surface area contributed by atoms with Gasteiger partial charge in [0.2, 0.25) is 11.8 Å². The van der Waals surface area contributed by atoms with E-state index in [4.69, 9.17) is 38.9 Å². The number of amides is 1. The molecule has 9 heteroatoms. The van der Waals surface area contributed by atoms with Crippen LogP contribution in [0.1, 0.15) is 61.3 Å². The Hall–Kier alpha value is -3.07. The highest BCUT2D eigenvalue weighted by atomic mass is 35.5. The van der Waals surface area contributed by atoms with Crippen molar-refractivity contribution >= 4 is 41.8 Å². The minimum Gasteiger partial charge on any atom is -0.474 e. The van der Waals surface area contributed by atoms with E-state index in [9.17, 15) is 9.59 Å². The third-order valence-corrected chi connectivity index (χ3v) is 9.38. The quantitative estimate of drug-likeness (QED) is 0.282. The Morgan fingerprint density at radius 1 is 0.927 bits per heavy atom. The summed E-state index contributed by atoms with van der Waals surface area (Å²) in [7, 11) is 0. The van der Waals surface area contributed by atoms with E-state index < -0.39 is 17.4 Å². The smallest absolute Gasteiger partial charge is 0.248 e. The van der Waals surface area contributed by atoms with Gasteiger partial charge in [0.15, 0.2) is 5.78 Å². The number of Topliss-reactive ketones (excluding diaryl/α,β-unsaturated/α-hetero) is 1. The minimum atomic E-state index is -1.23. The number of anilines is 1. The van der Waals surface area contributed by atoms with Crippen molar-refractivity contribution in [3.05, 3.63) is 88.6 Å². The molecular weight excluding hydrogens is 558 g/mol. The van der Waals surface area contributed by atoms with Crippen LogP contribution in [0.5, 0.6) is 5.88 Å². The second-order valence-corrected chi connectivity index (χ2v) is 11.8. The lowest BCUT2D eigenvalue weighted by Crippen LogP contribution is -2.54. The Bertz CT molecular complexity index is 1410. The minimum absolute atomic E-state index is 0.00505. The lowest BCUT2D eigenvalue weighted by molar-refractivity contribution is -0.142. The highest BCUT2D eigenvalue weighted by Gasteiger charge is 2.53. The third-order valence-electron chi connectivity index (χ3n) is 8.49. The predicted molar refractivity (Wildman–Crippen MR) is 162 cm³/mol. The zero-order chi connectivity index (χ0) is 28.4. The van der Waals surface area contributed by atoms with Crippen LogP contribution in [-0.4, -0.2) is 53.4 Å². The fraction of sp³-hybridized carbons (Fsp3) is 0.406. The van der Waals surface area contributed by atoms with Gasteiger partial charge in [-0.05, 0) is 61.1 Å². The van der Waals surface area contributed by atoms with E-state index in [1.807, 2.05) is 42.5 Å². The Balaban J connectivity index is 1.41. The first-order valence-corrected chi connectivity index (χ1v) is 15.1. The van der Waals surface area contributed by atoms with Crippen molar-refractivity contribution < 1.29 is 19.1 Å². The normalized spacial score (nSPS) is 24.0. The topological polar surface area (TPSA) is 72.0 Å². The number of hydrogen-bond acceptors (Lipinski definition) is 7. The predicted octanol–water partition coefficient (Wildman–Crippen LogP) is 5.96. The first-order valence-electron chi connectivity index (χ1n) is 14.3. The largest absolute Gasteiger partial charge is 0.474 e. The molecule has 0 spiro atoms. The van der Waals surface area contributed by atoms with E-state index in [1.165, 1.54) is 10.7 Å². The number of carbonyl (C=O) groups excluding carboxylic acids is 2. The standard InChI is InChI=1S/C32H34ClN3O4S/c33-26-10-5-4-9-25(26)30-27(37)21-32(36(41)31(30)38,22-13-15-23(16-14-22)35-17-19-39-20-18-35)28-11-6-12-29(34-28)40-24-7-2-1-3-8-24/h4-6,9-16,24,30,41H,1-3,7-8,17-21H2. The summed E-state index contributed by atoms with van der Waals surface area (Å²) in [5.41, 5.74) is 1.61. The summed E-state index contributed by atoms with van der Waals surface area (Å²) in [4.78, 5) is 35.2. The molecule has 1 aliphatic carbocycles. The first-order chi connectivity index (χ1) is 20.0.